The first-order chi connectivity index (χ1) is 12.7. The average molecular weight is 376 g/mol. The molecule has 0 aliphatic heterocycles. The summed E-state index contributed by atoms with van der Waals surface area (Å²) in [6.07, 6.45) is -3.21. The fourth-order valence-electron chi connectivity index (χ4n) is 2.56. The first kappa shape index (κ1) is 18.9. The van der Waals surface area contributed by atoms with Crippen molar-refractivity contribution in [3.05, 3.63) is 60.4 Å². The van der Waals surface area contributed by atoms with E-state index in [2.05, 4.69) is 28.7 Å². The Kier molecular flexibility index (Phi) is 5.18. The van der Waals surface area contributed by atoms with Gasteiger partial charge in [0.2, 0.25) is 0 Å². The lowest BCUT2D eigenvalue weighted by molar-refractivity contribution is -0.274. The van der Waals surface area contributed by atoms with Gasteiger partial charge in [0.05, 0.1) is 5.69 Å². The standard InChI is InChI=1S/C19H19F3N4O/c1-12(2)17(23)13-3-5-14(6-4-13)18-24-11-26(25-18)15-7-9-16(10-8-15)27-19(20,21)22/h3-12,17H,23H2,1-2H3. The maximum atomic E-state index is 12.2. The zero-order valence-corrected chi connectivity index (χ0v) is 14.8. The van der Waals surface area contributed by atoms with Gasteiger partial charge in [-0.1, -0.05) is 38.1 Å². The van der Waals surface area contributed by atoms with Gasteiger partial charge < -0.3 is 10.5 Å². The maximum absolute atomic E-state index is 12.2. The molecule has 1 heterocycles. The van der Waals surface area contributed by atoms with E-state index in [-0.39, 0.29) is 11.8 Å². The molecule has 1 unspecified atom stereocenters. The van der Waals surface area contributed by atoms with Crippen molar-refractivity contribution in [2.24, 2.45) is 11.7 Å². The number of hydrogen-bond donors (Lipinski definition) is 1. The molecule has 0 amide bonds. The van der Waals surface area contributed by atoms with Crippen LogP contribution in [0.15, 0.2) is 54.9 Å². The molecule has 0 saturated heterocycles. The quantitative estimate of drug-likeness (QED) is 0.713. The number of nitrogens with zero attached hydrogens (tertiary/aromatic N) is 3. The molecule has 142 valence electrons. The molecule has 0 saturated carbocycles. The van der Waals surface area contributed by atoms with Gasteiger partial charge in [0.25, 0.3) is 0 Å². The summed E-state index contributed by atoms with van der Waals surface area (Å²) in [6.45, 7) is 4.12. The Hall–Kier alpha value is -2.87. The van der Waals surface area contributed by atoms with Gasteiger partial charge in [0, 0.05) is 11.6 Å². The normalized spacial score (nSPS) is 13.0. The second kappa shape index (κ2) is 7.40. The van der Waals surface area contributed by atoms with Gasteiger partial charge in [-0.2, -0.15) is 0 Å². The number of rotatable bonds is 5. The smallest absolute Gasteiger partial charge is 0.406 e. The highest BCUT2D eigenvalue weighted by molar-refractivity contribution is 5.55. The van der Waals surface area contributed by atoms with Gasteiger partial charge in [-0.25, -0.2) is 9.67 Å². The molecule has 3 aromatic rings. The number of ether oxygens (including phenoxy) is 1. The Labute approximate surface area is 154 Å². The largest absolute Gasteiger partial charge is 0.573 e. The fraction of sp³-hybridized carbons (Fsp3) is 0.263. The monoisotopic (exact) mass is 376 g/mol. The molecule has 0 radical (unpaired) electrons. The number of benzene rings is 2. The lowest BCUT2D eigenvalue weighted by Crippen LogP contribution is -2.17. The van der Waals surface area contributed by atoms with Crippen LogP contribution in [0.25, 0.3) is 17.1 Å². The van der Waals surface area contributed by atoms with Crippen LogP contribution in [-0.2, 0) is 0 Å². The van der Waals surface area contributed by atoms with E-state index >= 15 is 0 Å². The summed E-state index contributed by atoms with van der Waals surface area (Å²) >= 11 is 0. The van der Waals surface area contributed by atoms with E-state index in [0.29, 0.717) is 17.4 Å². The second-order valence-corrected chi connectivity index (χ2v) is 6.45. The lowest BCUT2D eigenvalue weighted by Gasteiger charge is -2.15. The molecule has 3 rings (SSSR count). The van der Waals surface area contributed by atoms with Crippen molar-refractivity contribution in [3.63, 3.8) is 0 Å². The number of nitrogens with two attached hydrogens (primary N) is 1. The van der Waals surface area contributed by atoms with Crippen LogP contribution in [0.3, 0.4) is 0 Å². The highest BCUT2D eigenvalue weighted by Gasteiger charge is 2.31. The van der Waals surface area contributed by atoms with Crippen molar-refractivity contribution in [1.82, 2.24) is 14.8 Å². The molecule has 0 fully saturated rings. The Morgan fingerprint density at radius 3 is 2.19 bits per heavy atom. The van der Waals surface area contributed by atoms with E-state index in [4.69, 9.17) is 5.73 Å². The minimum absolute atomic E-state index is 0.0398. The molecule has 1 atom stereocenters. The summed E-state index contributed by atoms with van der Waals surface area (Å²) in [5, 5.41) is 4.38. The van der Waals surface area contributed by atoms with Crippen molar-refractivity contribution in [1.29, 1.82) is 0 Å². The number of halogens is 3. The third kappa shape index (κ3) is 4.65. The van der Waals surface area contributed by atoms with Gasteiger partial charge in [0.15, 0.2) is 5.82 Å². The molecule has 27 heavy (non-hydrogen) atoms. The number of aromatic nitrogens is 3. The molecular weight excluding hydrogens is 357 g/mol. The number of alkyl halides is 3. The topological polar surface area (TPSA) is 66.0 Å². The molecule has 1 aromatic heterocycles. The third-order valence-electron chi connectivity index (χ3n) is 4.10. The molecule has 8 heteroatoms. The van der Waals surface area contributed by atoms with Crippen LogP contribution >= 0.6 is 0 Å². The second-order valence-electron chi connectivity index (χ2n) is 6.45. The van der Waals surface area contributed by atoms with Crippen LogP contribution in [0.5, 0.6) is 5.75 Å². The summed E-state index contributed by atoms with van der Waals surface area (Å²) < 4.78 is 42.0. The lowest BCUT2D eigenvalue weighted by atomic mass is 9.96. The molecule has 0 spiro atoms. The van der Waals surface area contributed by atoms with Crippen molar-refractivity contribution in [3.8, 4) is 22.8 Å². The van der Waals surface area contributed by atoms with Crippen molar-refractivity contribution in [2.45, 2.75) is 26.3 Å². The highest BCUT2D eigenvalue weighted by Crippen LogP contribution is 2.25. The Balaban J connectivity index is 1.76. The van der Waals surface area contributed by atoms with E-state index in [1.165, 1.54) is 35.3 Å². The van der Waals surface area contributed by atoms with Crippen LogP contribution in [0.4, 0.5) is 13.2 Å². The zero-order valence-electron chi connectivity index (χ0n) is 14.8. The Morgan fingerprint density at radius 1 is 1.00 bits per heavy atom. The summed E-state index contributed by atoms with van der Waals surface area (Å²) in [5.74, 6) is 0.552. The molecule has 0 aliphatic rings. The van der Waals surface area contributed by atoms with Crippen LogP contribution in [-0.4, -0.2) is 21.1 Å². The van der Waals surface area contributed by atoms with Crippen molar-refractivity contribution < 1.29 is 17.9 Å². The summed E-state index contributed by atoms with van der Waals surface area (Å²) in [7, 11) is 0. The molecule has 0 aliphatic carbocycles. The first-order valence-corrected chi connectivity index (χ1v) is 8.37. The first-order valence-electron chi connectivity index (χ1n) is 8.37. The van der Waals surface area contributed by atoms with Crippen LogP contribution < -0.4 is 10.5 Å². The Bertz CT molecular complexity index is 887. The van der Waals surface area contributed by atoms with E-state index in [1.54, 1.807) is 0 Å². The summed E-state index contributed by atoms with van der Waals surface area (Å²) in [5.41, 5.74) is 8.57. The molecule has 5 nitrogen and oxygen atoms in total. The predicted octanol–water partition coefficient (Wildman–Crippen LogP) is 4.49. The minimum atomic E-state index is -4.72. The van der Waals surface area contributed by atoms with Crippen molar-refractivity contribution in [2.75, 3.05) is 0 Å². The van der Waals surface area contributed by atoms with E-state index in [0.717, 1.165) is 11.1 Å². The minimum Gasteiger partial charge on any atom is -0.406 e. The predicted molar refractivity (Wildman–Crippen MR) is 95.2 cm³/mol. The van der Waals surface area contributed by atoms with Crippen molar-refractivity contribution >= 4 is 0 Å². The van der Waals surface area contributed by atoms with E-state index in [1.807, 2.05) is 24.3 Å². The average Bonchev–Trinajstić information content (AvgIpc) is 3.10. The third-order valence-corrected chi connectivity index (χ3v) is 4.10. The van der Waals surface area contributed by atoms with E-state index in [9.17, 15) is 13.2 Å². The number of hydrogen-bond acceptors (Lipinski definition) is 4. The summed E-state index contributed by atoms with van der Waals surface area (Å²) in [4.78, 5) is 4.26. The molecule has 2 aromatic carbocycles. The summed E-state index contributed by atoms with van der Waals surface area (Å²) in [6, 6.07) is 13.1. The maximum Gasteiger partial charge on any atom is 0.573 e. The SMILES string of the molecule is CC(C)C(N)c1ccc(-c2ncn(-c3ccc(OC(F)(F)F)cc3)n2)cc1. The fourth-order valence-corrected chi connectivity index (χ4v) is 2.56. The highest BCUT2D eigenvalue weighted by atomic mass is 19.4. The zero-order chi connectivity index (χ0) is 19.6. The van der Waals surface area contributed by atoms with Crippen LogP contribution in [0, 0.1) is 5.92 Å². The molecule has 2 N–H and O–H groups in total. The van der Waals surface area contributed by atoms with Crippen LogP contribution in [0.2, 0.25) is 0 Å². The Morgan fingerprint density at radius 2 is 1.63 bits per heavy atom. The molecule has 0 bridgehead atoms. The molecular formula is C19H19F3N4O. The van der Waals surface area contributed by atoms with Gasteiger partial charge in [-0.3, -0.25) is 0 Å². The van der Waals surface area contributed by atoms with Gasteiger partial charge in [-0.05, 0) is 35.7 Å². The van der Waals surface area contributed by atoms with Gasteiger partial charge >= 0.3 is 6.36 Å². The van der Waals surface area contributed by atoms with Crippen LogP contribution in [0.1, 0.15) is 25.5 Å². The van der Waals surface area contributed by atoms with Gasteiger partial charge in [0.1, 0.15) is 12.1 Å². The van der Waals surface area contributed by atoms with E-state index < -0.39 is 6.36 Å². The van der Waals surface area contributed by atoms with Gasteiger partial charge in [-0.15, -0.1) is 18.3 Å².